The van der Waals surface area contributed by atoms with Crippen molar-refractivity contribution in [2.75, 3.05) is 10.6 Å². The number of Topliss-reactive ketones (excluding diaryl/α,β-unsaturated/α-hetero) is 1. The molecule has 3 aromatic rings. The summed E-state index contributed by atoms with van der Waals surface area (Å²) in [5.41, 5.74) is 1.01. The Kier molecular flexibility index (Phi) is 5.72. The number of anilines is 4. The lowest BCUT2D eigenvalue weighted by molar-refractivity contribution is -0.383. The highest BCUT2D eigenvalue weighted by Gasteiger charge is 2.23. The van der Waals surface area contributed by atoms with Crippen LogP contribution in [0.15, 0.2) is 48.8 Å². The molecule has 1 aromatic heterocycles. The van der Waals surface area contributed by atoms with Crippen LogP contribution in [0.1, 0.15) is 17.3 Å². The second kappa shape index (κ2) is 8.20. The molecule has 0 fully saturated rings. The molecule has 0 aliphatic carbocycles. The van der Waals surface area contributed by atoms with Gasteiger partial charge in [-0.25, -0.2) is 9.97 Å². The number of carbonyl (C=O) groups is 1. The highest BCUT2D eigenvalue weighted by molar-refractivity contribution is 6.35. The summed E-state index contributed by atoms with van der Waals surface area (Å²) < 4.78 is 0. The predicted octanol–water partition coefficient (Wildman–Crippen LogP) is 5.38. The fourth-order valence-electron chi connectivity index (χ4n) is 2.45. The normalized spacial score (nSPS) is 10.4. The van der Waals surface area contributed by atoms with Crippen molar-refractivity contribution in [2.45, 2.75) is 6.92 Å². The minimum absolute atomic E-state index is 0.0312. The number of ketones is 1. The van der Waals surface area contributed by atoms with Crippen LogP contribution >= 0.6 is 23.2 Å². The third-order valence-corrected chi connectivity index (χ3v) is 4.10. The quantitative estimate of drug-likeness (QED) is 0.314. The van der Waals surface area contributed by atoms with Gasteiger partial charge >= 0.3 is 5.69 Å². The smallest absolute Gasteiger partial charge is 0.334 e. The molecule has 1 heterocycles. The molecule has 2 N–H and O–H groups in total. The van der Waals surface area contributed by atoms with Crippen LogP contribution in [0.25, 0.3) is 0 Å². The molecule has 2 aromatic carbocycles. The van der Waals surface area contributed by atoms with Crippen LogP contribution in [-0.4, -0.2) is 20.7 Å². The van der Waals surface area contributed by atoms with Crippen LogP contribution in [-0.2, 0) is 0 Å². The molecule has 0 aliphatic rings. The lowest BCUT2D eigenvalue weighted by Gasteiger charge is -2.11. The van der Waals surface area contributed by atoms with Crippen LogP contribution in [0, 0.1) is 10.1 Å². The molecule has 8 nitrogen and oxygen atoms in total. The van der Waals surface area contributed by atoms with Crippen LogP contribution < -0.4 is 10.6 Å². The molecule has 0 radical (unpaired) electrons. The molecular formula is C18H13Cl2N5O3. The minimum Gasteiger partial charge on any atom is -0.334 e. The topological polar surface area (TPSA) is 110 Å². The van der Waals surface area contributed by atoms with Crippen LogP contribution in [0.3, 0.4) is 0 Å². The zero-order valence-corrected chi connectivity index (χ0v) is 16.0. The van der Waals surface area contributed by atoms with E-state index in [1.807, 2.05) is 0 Å². The number of rotatable bonds is 6. The van der Waals surface area contributed by atoms with Gasteiger partial charge in [-0.2, -0.15) is 0 Å². The van der Waals surface area contributed by atoms with E-state index in [-0.39, 0.29) is 23.1 Å². The Balaban J connectivity index is 1.99. The van der Waals surface area contributed by atoms with Crippen molar-refractivity contribution in [1.29, 1.82) is 0 Å². The average Bonchev–Trinajstić information content (AvgIpc) is 2.61. The van der Waals surface area contributed by atoms with Crippen molar-refractivity contribution in [3.63, 3.8) is 0 Å². The zero-order valence-electron chi connectivity index (χ0n) is 14.4. The Hall–Kier alpha value is -3.23. The molecule has 28 heavy (non-hydrogen) atoms. The first-order chi connectivity index (χ1) is 13.3. The first-order valence-corrected chi connectivity index (χ1v) is 8.69. The van der Waals surface area contributed by atoms with E-state index in [9.17, 15) is 14.9 Å². The summed E-state index contributed by atoms with van der Waals surface area (Å²) in [6.07, 6.45) is 1.18. The third kappa shape index (κ3) is 4.54. The molecule has 0 aliphatic heterocycles. The van der Waals surface area contributed by atoms with E-state index in [0.29, 0.717) is 27.0 Å². The molecule has 0 amide bonds. The predicted molar refractivity (Wildman–Crippen MR) is 108 cm³/mol. The number of hydrogen-bond donors (Lipinski definition) is 2. The van der Waals surface area contributed by atoms with Crippen molar-refractivity contribution in [2.24, 2.45) is 0 Å². The molecule has 0 saturated heterocycles. The van der Waals surface area contributed by atoms with Gasteiger partial charge in [0.25, 0.3) is 0 Å². The second-order valence-corrected chi connectivity index (χ2v) is 6.59. The number of halogens is 2. The van der Waals surface area contributed by atoms with E-state index in [1.165, 1.54) is 19.3 Å². The first-order valence-electron chi connectivity index (χ1n) is 7.94. The van der Waals surface area contributed by atoms with Crippen molar-refractivity contribution in [3.05, 3.63) is 74.5 Å². The Labute approximate surface area is 169 Å². The summed E-state index contributed by atoms with van der Waals surface area (Å²) in [5, 5.41) is 18.1. The molecule has 142 valence electrons. The summed E-state index contributed by atoms with van der Waals surface area (Å²) in [6.45, 7) is 1.43. The molecule has 10 heteroatoms. The van der Waals surface area contributed by atoms with Crippen molar-refractivity contribution in [3.8, 4) is 0 Å². The second-order valence-electron chi connectivity index (χ2n) is 5.72. The summed E-state index contributed by atoms with van der Waals surface area (Å²) >= 11 is 11.9. The van der Waals surface area contributed by atoms with Crippen molar-refractivity contribution < 1.29 is 9.72 Å². The largest absolute Gasteiger partial charge is 0.353 e. The standard InChI is InChI=1S/C18H13Cl2N5O3/c1-10(26)11-3-2-4-14(5-11)23-17-16(25(27)28)18(22-9-21-17)24-15-7-12(19)6-13(20)8-15/h2-9H,1H3,(H2,21,22,23,24). The molecule has 0 saturated carbocycles. The molecule has 0 spiro atoms. The number of nitrogens with zero attached hydrogens (tertiary/aromatic N) is 3. The Bertz CT molecular complexity index is 1050. The van der Waals surface area contributed by atoms with Gasteiger partial charge in [-0.3, -0.25) is 14.9 Å². The van der Waals surface area contributed by atoms with E-state index < -0.39 is 4.92 Å². The van der Waals surface area contributed by atoms with Gasteiger partial charge in [0.1, 0.15) is 6.33 Å². The minimum atomic E-state index is -0.606. The van der Waals surface area contributed by atoms with E-state index in [0.717, 1.165) is 0 Å². The fraction of sp³-hybridized carbons (Fsp3) is 0.0556. The Morgan fingerprint density at radius 2 is 1.61 bits per heavy atom. The van der Waals surface area contributed by atoms with Crippen LogP contribution in [0.2, 0.25) is 10.0 Å². The maximum absolute atomic E-state index is 11.7. The summed E-state index contributed by atoms with van der Waals surface area (Å²) in [4.78, 5) is 30.5. The highest BCUT2D eigenvalue weighted by Crippen LogP contribution is 2.34. The summed E-state index contributed by atoms with van der Waals surface area (Å²) in [6, 6.07) is 11.2. The fourth-order valence-corrected chi connectivity index (χ4v) is 2.98. The number of hydrogen-bond acceptors (Lipinski definition) is 7. The number of aromatic nitrogens is 2. The summed E-state index contributed by atoms with van der Waals surface area (Å²) in [7, 11) is 0. The maximum atomic E-state index is 11.7. The lowest BCUT2D eigenvalue weighted by Crippen LogP contribution is -2.06. The van der Waals surface area contributed by atoms with Gasteiger partial charge in [0.05, 0.1) is 4.92 Å². The molecule has 0 bridgehead atoms. The SMILES string of the molecule is CC(=O)c1cccc(Nc2ncnc(Nc3cc(Cl)cc(Cl)c3)c2[N+](=O)[O-])c1. The Morgan fingerprint density at radius 1 is 1.00 bits per heavy atom. The first kappa shape index (κ1) is 19.5. The number of nitrogens with one attached hydrogen (secondary N) is 2. The van der Waals surface area contributed by atoms with E-state index in [1.54, 1.807) is 36.4 Å². The van der Waals surface area contributed by atoms with Gasteiger partial charge in [0.15, 0.2) is 5.78 Å². The van der Waals surface area contributed by atoms with Gasteiger partial charge in [0, 0.05) is 27.0 Å². The van der Waals surface area contributed by atoms with Gasteiger partial charge in [-0.15, -0.1) is 0 Å². The number of benzene rings is 2. The van der Waals surface area contributed by atoms with Gasteiger partial charge in [-0.05, 0) is 37.3 Å². The summed E-state index contributed by atoms with van der Waals surface area (Å²) in [5.74, 6) is -0.194. The van der Waals surface area contributed by atoms with Crippen LogP contribution in [0.5, 0.6) is 0 Å². The van der Waals surface area contributed by atoms with Gasteiger partial charge < -0.3 is 10.6 Å². The number of nitro groups is 1. The highest BCUT2D eigenvalue weighted by atomic mass is 35.5. The lowest BCUT2D eigenvalue weighted by atomic mass is 10.1. The molecule has 0 unspecified atom stereocenters. The number of carbonyl (C=O) groups excluding carboxylic acids is 1. The van der Waals surface area contributed by atoms with Gasteiger partial charge in [0.2, 0.25) is 11.6 Å². The van der Waals surface area contributed by atoms with E-state index >= 15 is 0 Å². The van der Waals surface area contributed by atoms with Crippen molar-refractivity contribution >= 4 is 57.7 Å². The monoisotopic (exact) mass is 417 g/mol. The van der Waals surface area contributed by atoms with E-state index in [4.69, 9.17) is 23.2 Å². The average molecular weight is 418 g/mol. The molecule has 3 rings (SSSR count). The third-order valence-electron chi connectivity index (χ3n) is 3.66. The van der Waals surface area contributed by atoms with Crippen LogP contribution in [0.4, 0.5) is 28.7 Å². The Morgan fingerprint density at radius 3 is 2.18 bits per heavy atom. The van der Waals surface area contributed by atoms with E-state index in [2.05, 4.69) is 20.6 Å². The zero-order chi connectivity index (χ0) is 20.3. The molecule has 0 atom stereocenters. The molecular weight excluding hydrogens is 405 g/mol. The van der Waals surface area contributed by atoms with Crippen molar-refractivity contribution in [1.82, 2.24) is 9.97 Å². The van der Waals surface area contributed by atoms with Gasteiger partial charge in [-0.1, -0.05) is 35.3 Å². The maximum Gasteiger partial charge on any atom is 0.353 e.